The minimum Gasteiger partial charge on any atom is -0.284 e. The first kappa shape index (κ1) is 23.4. The second-order valence-electron chi connectivity index (χ2n) is 9.11. The number of benzene rings is 1. The molecule has 0 bridgehead atoms. The van der Waals surface area contributed by atoms with Gasteiger partial charge in [-0.15, -0.1) is 11.3 Å². The Labute approximate surface area is 204 Å². The second-order valence-corrected chi connectivity index (χ2v) is 10.2. The highest BCUT2D eigenvalue weighted by Gasteiger charge is 2.31. The molecule has 8 nitrogen and oxygen atoms in total. The maximum Gasteiger partial charge on any atom is 0.331 e. The van der Waals surface area contributed by atoms with Gasteiger partial charge in [-0.05, 0) is 30.0 Å². The predicted octanol–water partition coefficient (Wildman–Crippen LogP) is 3.47. The second kappa shape index (κ2) is 9.01. The normalized spacial score (nSPS) is 14.0. The first-order chi connectivity index (χ1) is 16.8. The summed E-state index contributed by atoms with van der Waals surface area (Å²) in [6, 6.07) is 6.54. The van der Waals surface area contributed by atoms with E-state index < -0.39 is 23.0 Å². The van der Waals surface area contributed by atoms with Crippen molar-refractivity contribution in [1.82, 2.24) is 19.2 Å². The first-order valence-corrected chi connectivity index (χ1v) is 12.3. The van der Waals surface area contributed by atoms with E-state index in [-0.39, 0.29) is 28.8 Å². The molecule has 0 spiro atoms. The molecule has 0 atom stereocenters. The van der Waals surface area contributed by atoms with Crippen LogP contribution < -0.4 is 11.2 Å². The number of carbonyl (C=O) groups is 1. The molecule has 35 heavy (non-hydrogen) atoms. The van der Waals surface area contributed by atoms with E-state index in [4.69, 9.17) is 4.84 Å². The van der Waals surface area contributed by atoms with Crippen LogP contribution in [0.4, 0.5) is 4.39 Å². The number of amides is 1. The molecule has 0 N–H and O–H groups in total. The Morgan fingerprint density at radius 3 is 2.77 bits per heavy atom. The van der Waals surface area contributed by atoms with Crippen LogP contribution in [-0.2, 0) is 24.9 Å². The Kier molecular flexibility index (Phi) is 6.02. The molecule has 3 aromatic heterocycles. The van der Waals surface area contributed by atoms with Gasteiger partial charge in [0, 0.05) is 36.5 Å². The smallest absolute Gasteiger partial charge is 0.284 e. The van der Waals surface area contributed by atoms with Crippen molar-refractivity contribution in [2.75, 3.05) is 13.2 Å². The number of hydrogen-bond acceptors (Lipinski definition) is 6. The van der Waals surface area contributed by atoms with Crippen LogP contribution in [0.25, 0.3) is 21.1 Å². The molecule has 5 rings (SSSR count). The zero-order valence-corrected chi connectivity index (χ0v) is 20.5. The van der Waals surface area contributed by atoms with Crippen LogP contribution in [0.3, 0.4) is 0 Å². The minimum absolute atomic E-state index is 0.145. The highest BCUT2D eigenvalue weighted by molar-refractivity contribution is 7.19. The summed E-state index contributed by atoms with van der Waals surface area (Å²) in [6.07, 6.45) is 2.51. The lowest BCUT2D eigenvalue weighted by Gasteiger charge is -2.15. The van der Waals surface area contributed by atoms with E-state index in [9.17, 15) is 18.8 Å². The van der Waals surface area contributed by atoms with Crippen molar-refractivity contribution in [3.63, 3.8) is 0 Å². The molecule has 10 heteroatoms. The molecule has 0 aliphatic carbocycles. The van der Waals surface area contributed by atoms with Gasteiger partial charge in [0.1, 0.15) is 16.2 Å². The molecule has 1 aromatic carbocycles. The van der Waals surface area contributed by atoms with Gasteiger partial charge in [0.05, 0.1) is 24.1 Å². The summed E-state index contributed by atoms with van der Waals surface area (Å²) in [7, 11) is 1.43. The lowest BCUT2D eigenvalue weighted by molar-refractivity contribution is -0.0767. The molecule has 1 saturated heterocycles. The lowest BCUT2D eigenvalue weighted by Crippen LogP contribution is -2.39. The van der Waals surface area contributed by atoms with Gasteiger partial charge in [-0.25, -0.2) is 14.2 Å². The largest absolute Gasteiger partial charge is 0.331 e. The van der Waals surface area contributed by atoms with E-state index in [1.165, 1.54) is 35.7 Å². The van der Waals surface area contributed by atoms with Crippen LogP contribution in [0.2, 0.25) is 0 Å². The van der Waals surface area contributed by atoms with Crippen molar-refractivity contribution in [2.24, 2.45) is 13.0 Å². The summed E-state index contributed by atoms with van der Waals surface area (Å²) in [4.78, 5) is 50.8. The van der Waals surface area contributed by atoms with Crippen LogP contribution >= 0.6 is 11.3 Å². The fraction of sp³-hybridized carbons (Fsp3) is 0.360. The van der Waals surface area contributed by atoms with Crippen LogP contribution in [0, 0.1) is 11.7 Å². The van der Waals surface area contributed by atoms with Gasteiger partial charge in [-0.2, -0.15) is 0 Å². The Hall–Kier alpha value is -3.37. The van der Waals surface area contributed by atoms with Gasteiger partial charge >= 0.3 is 5.69 Å². The van der Waals surface area contributed by atoms with Gasteiger partial charge in [0.15, 0.2) is 0 Å². The maximum atomic E-state index is 14.4. The number of halogens is 1. The summed E-state index contributed by atoms with van der Waals surface area (Å²) < 4.78 is 17.0. The Morgan fingerprint density at radius 1 is 1.26 bits per heavy atom. The summed E-state index contributed by atoms with van der Waals surface area (Å²) >= 11 is 1.26. The third-order valence-corrected chi connectivity index (χ3v) is 7.36. The van der Waals surface area contributed by atoms with Crippen molar-refractivity contribution in [3.05, 3.63) is 73.1 Å². The lowest BCUT2D eigenvalue weighted by atomic mass is 10.0. The monoisotopic (exact) mass is 496 g/mol. The summed E-state index contributed by atoms with van der Waals surface area (Å²) in [5.41, 5.74) is 0.324. The summed E-state index contributed by atoms with van der Waals surface area (Å²) in [5.74, 6) is -0.686. The number of para-hydroxylation sites is 1. The van der Waals surface area contributed by atoms with E-state index in [1.807, 2.05) is 13.8 Å². The van der Waals surface area contributed by atoms with Crippen molar-refractivity contribution in [1.29, 1.82) is 0 Å². The van der Waals surface area contributed by atoms with Crippen molar-refractivity contribution in [2.45, 2.75) is 33.2 Å². The van der Waals surface area contributed by atoms with Crippen LogP contribution in [0.5, 0.6) is 0 Å². The predicted molar refractivity (Wildman–Crippen MR) is 132 cm³/mol. The average Bonchev–Trinajstić information content (AvgIpc) is 3.49. The van der Waals surface area contributed by atoms with Crippen LogP contribution in [-0.4, -0.2) is 38.2 Å². The fourth-order valence-corrected chi connectivity index (χ4v) is 5.82. The summed E-state index contributed by atoms with van der Waals surface area (Å²) in [6.45, 7) is 5.22. The van der Waals surface area contributed by atoms with Crippen LogP contribution in [0.15, 0.2) is 40.1 Å². The number of nitrogens with zero attached hydrogens (tertiary/aromatic N) is 4. The van der Waals surface area contributed by atoms with Gasteiger partial charge in [0.2, 0.25) is 0 Å². The van der Waals surface area contributed by atoms with E-state index in [0.717, 1.165) is 10.1 Å². The number of thiophene rings is 1. The molecule has 1 fully saturated rings. The Morgan fingerprint density at radius 2 is 2.06 bits per heavy atom. The van der Waals surface area contributed by atoms with Gasteiger partial charge in [-0.3, -0.25) is 28.5 Å². The molecule has 4 heterocycles. The fourth-order valence-electron chi connectivity index (χ4n) is 4.51. The molecule has 0 unspecified atom stereocenters. The molecule has 1 amide bonds. The average molecular weight is 497 g/mol. The van der Waals surface area contributed by atoms with Gasteiger partial charge < -0.3 is 0 Å². The SMILES string of the molecule is CC(C)Cn1c(=O)n(C)c(=O)c2c(C(=O)N3CCCO3)c(Cc3ccnc4c(F)cccc34)sc21. The van der Waals surface area contributed by atoms with Gasteiger partial charge in [0.25, 0.3) is 11.5 Å². The zero-order chi connectivity index (χ0) is 24.9. The highest BCUT2D eigenvalue weighted by Crippen LogP contribution is 2.34. The number of hydrogen-bond donors (Lipinski definition) is 0. The molecule has 0 saturated carbocycles. The molecular formula is C25H25FN4O4S. The van der Waals surface area contributed by atoms with Crippen molar-refractivity contribution < 1.29 is 14.0 Å². The van der Waals surface area contributed by atoms with E-state index in [1.54, 1.807) is 22.8 Å². The minimum atomic E-state index is -0.513. The van der Waals surface area contributed by atoms with Gasteiger partial charge in [-0.1, -0.05) is 26.0 Å². The zero-order valence-electron chi connectivity index (χ0n) is 19.7. The Balaban J connectivity index is 1.79. The third-order valence-electron chi connectivity index (χ3n) is 6.15. The number of carbonyl (C=O) groups excluding carboxylic acids is 1. The number of hydroxylamine groups is 2. The maximum absolute atomic E-state index is 14.4. The molecule has 182 valence electrons. The number of fused-ring (bicyclic) bond motifs is 2. The molecule has 1 aliphatic rings. The topological polar surface area (TPSA) is 86.4 Å². The molecular weight excluding hydrogens is 471 g/mol. The summed E-state index contributed by atoms with van der Waals surface area (Å²) in [5, 5.41) is 2.14. The Bertz CT molecular complexity index is 1580. The number of rotatable bonds is 5. The van der Waals surface area contributed by atoms with E-state index >= 15 is 0 Å². The quantitative estimate of drug-likeness (QED) is 0.422. The standard InChI is InChI=1S/C25H25FN4O4S/c1-14(2)13-29-24-20(22(31)28(3)25(29)33)19(23(32)30-10-5-11-34-30)18(35-24)12-15-8-9-27-21-16(15)6-4-7-17(21)26/h4,6-9,14H,5,10-13H2,1-3H3. The number of pyridine rings is 1. The number of aromatic nitrogens is 3. The van der Waals surface area contributed by atoms with E-state index in [2.05, 4.69) is 4.98 Å². The van der Waals surface area contributed by atoms with Crippen LogP contribution in [0.1, 0.15) is 41.1 Å². The third kappa shape index (κ3) is 3.96. The van der Waals surface area contributed by atoms with E-state index in [0.29, 0.717) is 41.2 Å². The van der Waals surface area contributed by atoms with Crippen molar-refractivity contribution in [3.8, 4) is 0 Å². The van der Waals surface area contributed by atoms with Crippen molar-refractivity contribution >= 4 is 38.4 Å². The molecule has 1 aliphatic heterocycles. The molecule has 4 aromatic rings. The molecule has 0 radical (unpaired) electrons. The first-order valence-electron chi connectivity index (χ1n) is 11.5. The highest BCUT2D eigenvalue weighted by atomic mass is 32.1.